The van der Waals surface area contributed by atoms with Crippen LogP contribution in [0.15, 0.2) is 6.07 Å². The van der Waals surface area contributed by atoms with Gasteiger partial charge in [-0.15, -0.1) is 0 Å². The van der Waals surface area contributed by atoms with Gasteiger partial charge in [0.1, 0.15) is 16.8 Å². The summed E-state index contributed by atoms with van der Waals surface area (Å²) >= 11 is 5.93. The molecule has 0 aromatic carbocycles. The largest absolute Gasteiger partial charge is 0.396 e. The molecule has 5 heteroatoms. The summed E-state index contributed by atoms with van der Waals surface area (Å²) in [6.07, 6.45) is 1.95. The van der Waals surface area contributed by atoms with Crippen molar-refractivity contribution < 1.29 is 5.11 Å². The number of rotatable bonds is 2. The Morgan fingerprint density at radius 2 is 2.06 bits per heavy atom. The summed E-state index contributed by atoms with van der Waals surface area (Å²) in [7, 11) is 0. The number of aryl methyl sites for hydroxylation is 1. The molecule has 0 spiro atoms. The summed E-state index contributed by atoms with van der Waals surface area (Å²) < 4.78 is 0. The molecule has 17 heavy (non-hydrogen) atoms. The van der Waals surface area contributed by atoms with Crippen LogP contribution in [-0.2, 0) is 0 Å². The highest BCUT2D eigenvalue weighted by atomic mass is 35.5. The van der Waals surface area contributed by atoms with Gasteiger partial charge in [-0.25, -0.2) is 9.97 Å². The summed E-state index contributed by atoms with van der Waals surface area (Å²) in [6, 6.07) is 1.80. The van der Waals surface area contributed by atoms with Crippen molar-refractivity contribution in [3.05, 3.63) is 17.0 Å². The molecule has 4 nitrogen and oxygen atoms in total. The van der Waals surface area contributed by atoms with Gasteiger partial charge in [0.15, 0.2) is 0 Å². The molecule has 0 aliphatic carbocycles. The van der Waals surface area contributed by atoms with Gasteiger partial charge < -0.3 is 10.0 Å². The maximum Gasteiger partial charge on any atom is 0.134 e. The van der Waals surface area contributed by atoms with Crippen molar-refractivity contribution >= 4 is 17.4 Å². The Morgan fingerprint density at radius 1 is 1.41 bits per heavy atom. The van der Waals surface area contributed by atoms with E-state index >= 15 is 0 Å². The Labute approximate surface area is 107 Å². The van der Waals surface area contributed by atoms with Crippen LogP contribution < -0.4 is 4.90 Å². The monoisotopic (exact) mass is 255 g/mol. The number of anilines is 1. The van der Waals surface area contributed by atoms with E-state index in [1.807, 2.05) is 6.92 Å². The Bertz CT molecular complexity index is 382. The molecule has 1 aliphatic heterocycles. The average molecular weight is 256 g/mol. The predicted octanol–water partition coefficient (Wildman–Crippen LogP) is 2.04. The topological polar surface area (TPSA) is 49.2 Å². The van der Waals surface area contributed by atoms with Crippen LogP contribution in [0.3, 0.4) is 0 Å². The zero-order chi connectivity index (χ0) is 12.5. The number of halogens is 1. The van der Waals surface area contributed by atoms with Crippen LogP contribution >= 0.6 is 11.6 Å². The van der Waals surface area contributed by atoms with E-state index in [0.717, 1.165) is 31.7 Å². The van der Waals surface area contributed by atoms with Crippen LogP contribution in [0.25, 0.3) is 0 Å². The molecule has 0 unspecified atom stereocenters. The zero-order valence-corrected chi connectivity index (χ0v) is 11.0. The normalized spacial score (nSPS) is 19.4. The molecule has 0 atom stereocenters. The second-order valence-electron chi connectivity index (χ2n) is 5.05. The fourth-order valence-corrected chi connectivity index (χ4v) is 2.33. The van der Waals surface area contributed by atoms with Gasteiger partial charge >= 0.3 is 0 Å². The highest BCUT2D eigenvalue weighted by molar-refractivity contribution is 6.29. The minimum Gasteiger partial charge on any atom is -0.396 e. The van der Waals surface area contributed by atoms with Crippen LogP contribution in [-0.4, -0.2) is 34.8 Å². The first-order chi connectivity index (χ1) is 8.02. The third kappa shape index (κ3) is 2.87. The number of aromatic nitrogens is 2. The van der Waals surface area contributed by atoms with Gasteiger partial charge in [-0.05, 0) is 25.2 Å². The number of aliphatic hydroxyl groups is 1. The van der Waals surface area contributed by atoms with Crippen LogP contribution in [0.4, 0.5) is 5.82 Å². The summed E-state index contributed by atoms with van der Waals surface area (Å²) in [4.78, 5) is 10.7. The molecule has 94 valence electrons. The van der Waals surface area contributed by atoms with Crippen molar-refractivity contribution in [3.63, 3.8) is 0 Å². The Kier molecular flexibility index (Phi) is 3.54. The van der Waals surface area contributed by atoms with Crippen LogP contribution in [0.1, 0.15) is 25.6 Å². The lowest BCUT2D eigenvalue weighted by atomic mass is 9.81. The van der Waals surface area contributed by atoms with E-state index in [4.69, 9.17) is 11.6 Å². The number of hydrogen-bond donors (Lipinski definition) is 1. The van der Waals surface area contributed by atoms with Gasteiger partial charge in [0, 0.05) is 25.8 Å². The molecule has 1 aromatic heterocycles. The molecule has 0 bridgehead atoms. The molecule has 1 saturated heterocycles. The standard InChI is InChI=1S/C12H18ClN3O/c1-9-14-10(13)7-11(15-9)16-5-3-12(2,8-17)4-6-16/h7,17H,3-6,8H2,1-2H3. The highest BCUT2D eigenvalue weighted by Gasteiger charge is 2.29. The van der Waals surface area contributed by atoms with E-state index in [2.05, 4.69) is 21.8 Å². The van der Waals surface area contributed by atoms with Crippen LogP contribution in [0.2, 0.25) is 5.15 Å². The van der Waals surface area contributed by atoms with E-state index < -0.39 is 0 Å². The third-order valence-corrected chi connectivity index (χ3v) is 3.66. The molecular weight excluding hydrogens is 238 g/mol. The number of piperidine rings is 1. The number of hydrogen-bond acceptors (Lipinski definition) is 4. The van der Waals surface area contributed by atoms with Gasteiger partial charge in [-0.3, -0.25) is 0 Å². The molecule has 0 amide bonds. The van der Waals surface area contributed by atoms with Crippen LogP contribution in [0, 0.1) is 12.3 Å². The first kappa shape index (κ1) is 12.6. The maximum atomic E-state index is 9.33. The van der Waals surface area contributed by atoms with E-state index in [-0.39, 0.29) is 12.0 Å². The highest BCUT2D eigenvalue weighted by Crippen LogP contribution is 2.32. The second-order valence-corrected chi connectivity index (χ2v) is 5.44. The van der Waals surface area contributed by atoms with Gasteiger partial charge in [-0.1, -0.05) is 18.5 Å². The fourth-order valence-electron chi connectivity index (χ4n) is 2.11. The van der Waals surface area contributed by atoms with E-state index in [0.29, 0.717) is 11.0 Å². The van der Waals surface area contributed by atoms with Crippen molar-refractivity contribution in [2.75, 3.05) is 24.6 Å². The van der Waals surface area contributed by atoms with Crippen LogP contribution in [0.5, 0.6) is 0 Å². The van der Waals surface area contributed by atoms with E-state index in [1.54, 1.807) is 6.07 Å². The van der Waals surface area contributed by atoms with Gasteiger partial charge in [-0.2, -0.15) is 0 Å². The maximum absolute atomic E-state index is 9.33. The van der Waals surface area contributed by atoms with Crippen molar-refractivity contribution in [2.24, 2.45) is 5.41 Å². The summed E-state index contributed by atoms with van der Waals surface area (Å²) in [5.74, 6) is 1.59. The molecule has 0 saturated carbocycles. The molecule has 1 N–H and O–H groups in total. The van der Waals surface area contributed by atoms with E-state index in [9.17, 15) is 5.11 Å². The Balaban J connectivity index is 2.10. The first-order valence-electron chi connectivity index (χ1n) is 5.89. The zero-order valence-electron chi connectivity index (χ0n) is 10.3. The fraction of sp³-hybridized carbons (Fsp3) is 0.667. The van der Waals surface area contributed by atoms with Gasteiger partial charge in [0.25, 0.3) is 0 Å². The summed E-state index contributed by atoms with van der Waals surface area (Å²) in [5, 5.41) is 9.82. The Morgan fingerprint density at radius 3 is 2.59 bits per heavy atom. The minimum atomic E-state index is 0.0579. The average Bonchev–Trinajstić information content (AvgIpc) is 2.29. The third-order valence-electron chi connectivity index (χ3n) is 3.47. The van der Waals surface area contributed by atoms with Crippen molar-refractivity contribution in [3.8, 4) is 0 Å². The number of nitrogens with zero attached hydrogens (tertiary/aromatic N) is 3. The number of aliphatic hydroxyl groups excluding tert-OH is 1. The lowest BCUT2D eigenvalue weighted by molar-refractivity contribution is 0.114. The van der Waals surface area contributed by atoms with Crippen molar-refractivity contribution in [2.45, 2.75) is 26.7 Å². The molecule has 1 fully saturated rings. The van der Waals surface area contributed by atoms with E-state index in [1.165, 1.54) is 0 Å². The predicted molar refractivity (Wildman–Crippen MR) is 68.4 cm³/mol. The molecule has 1 aliphatic rings. The molecule has 2 rings (SSSR count). The van der Waals surface area contributed by atoms with Crippen molar-refractivity contribution in [1.29, 1.82) is 0 Å². The lowest BCUT2D eigenvalue weighted by Gasteiger charge is -2.38. The minimum absolute atomic E-state index is 0.0579. The first-order valence-corrected chi connectivity index (χ1v) is 6.27. The van der Waals surface area contributed by atoms with Crippen molar-refractivity contribution in [1.82, 2.24) is 9.97 Å². The summed E-state index contributed by atoms with van der Waals surface area (Å²) in [5.41, 5.74) is 0.0579. The second kappa shape index (κ2) is 4.78. The Hall–Kier alpha value is -0.870. The quantitative estimate of drug-likeness (QED) is 0.822. The van der Waals surface area contributed by atoms with Gasteiger partial charge in [0.05, 0.1) is 0 Å². The molecule has 0 radical (unpaired) electrons. The molecular formula is C12H18ClN3O. The molecule has 2 heterocycles. The SMILES string of the molecule is Cc1nc(Cl)cc(N2CCC(C)(CO)CC2)n1. The van der Waals surface area contributed by atoms with Gasteiger partial charge in [0.2, 0.25) is 0 Å². The smallest absolute Gasteiger partial charge is 0.134 e. The summed E-state index contributed by atoms with van der Waals surface area (Å²) in [6.45, 7) is 6.04. The lowest BCUT2D eigenvalue weighted by Crippen LogP contribution is -2.40. The molecule has 1 aromatic rings.